The SMILES string of the molecule is Cc1cc(C2CC2)cc(O)c1-c1cc(CNC(=O)C(c2cccc(Br)c2)n2cc(CCN3CC(F)C3)c(C(F)(F)F)cc2=O)c(F)c(C(F)(F)F)c1. The van der Waals surface area contributed by atoms with Gasteiger partial charge in [0.05, 0.1) is 11.1 Å². The Morgan fingerprint density at radius 2 is 1.67 bits per heavy atom. The lowest BCUT2D eigenvalue weighted by Crippen LogP contribution is -2.49. The van der Waals surface area contributed by atoms with E-state index in [9.17, 15) is 45.4 Å². The van der Waals surface area contributed by atoms with E-state index < -0.39 is 65.1 Å². The Hall–Kier alpha value is -4.24. The van der Waals surface area contributed by atoms with Gasteiger partial charge in [0, 0.05) is 54.0 Å². The third-order valence-corrected chi connectivity index (χ3v) is 9.84. The van der Waals surface area contributed by atoms with Gasteiger partial charge in [0.25, 0.3) is 5.56 Å². The molecule has 276 valence electrons. The number of halogens is 9. The molecule has 1 atom stereocenters. The second-order valence-corrected chi connectivity index (χ2v) is 14.2. The van der Waals surface area contributed by atoms with Crippen LogP contribution >= 0.6 is 15.9 Å². The van der Waals surface area contributed by atoms with E-state index in [0.29, 0.717) is 22.2 Å². The number of alkyl halides is 7. The second kappa shape index (κ2) is 14.3. The van der Waals surface area contributed by atoms with Crippen LogP contribution in [0.15, 0.2) is 70.1 Å². The fraction of sp³-hybridized carbons (Fsp3) is 0.351. The summed E-state index contributed by atoms with van der Waals surface area (Å²) in [5.41, 5.74) is -3.64. The van der Waals surface area contributed by atoms with E-state index in [4.69, 9.17) is 0 Å². The first-order valence-electron chi connectivity index (χ1n) is 16.4. The van der Waals surface area contributed by atoms with Crippen LogP contribution in [0.2, 0.25) is 0 Å². The van der Waals surface area contributed by atoms with Crippen molar-refractivity contribution in [1.29, 1.82) is 0 Å². The number of likely N-dealkylation sites (tertiary alicyclic amines) is 1. The molecule has 4 aromatic rings. The standard InChI is InChI=1S/C37H32BrF8N3O3/c1-19-9-23(20-5-6-20)13-30(50)32(19)24-10-25(33(40)29(12-24)37(44,45)46)15-47-35(52)34(21-3-2-4-26(38)11-21)49-16-22(7-8-48-17-27(39)18-48)28(14-31(49)51)36(41,42)43/h2-4,9-14,16,20,27,34,50H,5-8,15,17-18H2,1H3,(H,47,52). The molecule has 6 rings (SSSR count). The lowest BCUT2D eigenvalue weighted by atomic mass is 9.92. The summed E-state index contributed by atoms with van der Waals surface area (Å²) in [5.74, 6) is -2.75. The quantitative estimate of drug-likeness (QED) is 0.158. The predicted octanol–water partition coefficient (Wildman–Crippen LogP) is 8.45. The van der Waals surface area contributed by atoms with Crippen molar-refractivity contribution in [3.63, 3.8) is 0 Å². The van der Waals surface area contributed by atoms with Crippen LogP contribution in [-0.4, -0.2) is 46.3 Å². The highest BCUT2D eigenvalue weighted by Crippen LogP contribution is 2.45. The molecule has 15 heteroatoms. The largest absolute Gasteiger partial charge is 0.507 e. The number of hydrogen-bond acceptors (Lipinski definition) is 4. The number of nitrogens with zero attached hydrogens (tertiary/aromatic N) is 2. The maximum Gasteiger partial charge on any atom is 0.419 e. The van der Waals surface area contributed by atoms with E-state index in [1.165, 1.54) is 24.3 Å². The van der Waals surface area contributed by atoms with Crippen LogP contribution in [0.5, 0.6) is 5.75 Å². The summed E-state index contributed by atoms with van der Waals surface area (Å²) in [6.45, 7) is 0.934. The minimum absolute atomic E-state index is 0.0445. The molecule has 2 fully saturated rings. The van der Waals surface area contributed by atoms with Gasteiger partial charge in [-0.1, -0.05) is 34.1 Å². The number of rotatable bonds is 10. The summed E-state index contributed by atoms with van der Waals surface area (Å²) in [4.78, 5) is 28.9. The summed E-state index contributed by atoms with van der Waals surface area (Å²) < 4.78 is 115. The third-order valence-electron chi connectivity index (χ3n) is 9.35. The van der Waals surface area contributed by atoms with Crippen molar-refractivity contribution in [3.05, 3.63) is 120 Å². The van der Waals surface area contributed by atoms with E-state index in [1.807, 2.05) is 0 Å². The van der Waals surface area contributed by atoms with Gasteiger partial charge in [0.2, 0.25) is 5.91 Å². The van der Waals surface area contributed by atoms with Gasteiger partial charge >= 0.3 is 12.4 Å². The van der Waals surface area contributed by atoms with Crippen LogP contribution in [0.3, 0.4) is 0 Å². The number of aryl methyl sites for hydroxylation is 1. The molecule has 1 aliphatic carbocycles. The Bertz CT molecular complexity index is 2050. The van der Waals surface area contributed by atoms with E-state index >= 15 is 4.39 Å². The van der Waals surface area contributed by atoms with Gasteiger partial charge in [-0.3, -0.25) is 19.1 Å². The van der Waals surface area contributed by atoms with E-state index in [0.717, 1.165) is 35.2 Å². The van der Waals surface area contributed by atoms with Crippen molar-refractivity contribution in [1.82, 2.24) is 14.8 Å². The number of pyridine rings is 1. The third kappa shape index (κ3) is 8.04. The first-order valence-corrected chi connectivity index (χ1v) is 17.2. The Balaban J connectivity index is 1.38. The smallest absolute Gasteiger partial charge is 0.419 e. The molecule has 1 saturated heterocycles. The van der Waals surface area contributed by atoms with Crippen LogP contribution in [0.25, 0.3) is 11.1 Å². The van der Waals surface area contributed by atoms with Crippen molar-refractivity contribution in [2.75, 3.05) is 19.6 Å². The molecule has 6 nitrogen and oxygen atoms in total. The number of aromatic hydroxyl groups is 1. The van der Waals surface area contributed by atoms with Gasteiger partial charge in [-0.15, -0.1) is 0 Å². The molecule has 1 amide bonds. The van der Waals surface area contributed by atoms with Crippen LogP contribution < -0.4 is 10.9 Å². The monoisotopic (exact) mass is 797 g/mol. The molecule has 2 N–H and O–H groups in total. The summed E-state index contributed by atoms with van der Waals surface area (Å²) >= 11 is 3.27. The molecule has 52 heavy (non-hydrogen) atoms. The van der Waals surface area contributed by atoms with Crippen molar-refractivity contribution in [2.24, 2.45) is 0 Å². The molecular formula is C37H32BrF8N3O3. The number of nitrogens with one attached hydrogen (secondary N) is 1. The molecule has 2 heterocycles. The first-order chi connectivity index (χ1) is 24.4. The number of phenols is 1. The van der Waals surface area contributed by atoms with Crippen molar-refractivity contribution in [2.45, 2.75) is 63.2 Å². The first kappa shape index (κ1) is 37.5. The maximum atomic E-state index is 15.5. The van der Waals surface area contributed by atoms with Gasteiger partial charge < -0.3 is 10.4 Å². The lowest BCUT2D eigenvalue weighted by Gasteiger charge is -2.34. The Labute approximate surface area is 301 Å². The zero-order chi connectivity index (χ0) is 37.7. The van der Waals surface area contributed by atoms with Crippen molar-refractivity contribution < 1.29 is 45.0 Å². The minimum Gasteiger partial charge on any atom is -0.507 e. The number of carbonyl (C=O) groups is 1. The predicted molar refractivity (Wildman–Crippen MR) is 180 cm³/mol. The highest BCUT2D eigenvalue weighted by atomic mass is 79.9. The molecule has 0 radical (unpaired) electrons. The van der Waals surface area contributed by atoms with Gasteiger partial charge in [0.1, 0.15) is 23.8 Å². The highest BCUT2D eigenvalue weighted by molar-refractivity contribution is 9.10. The van der Waals surface area contributed by atoms with Gasteiger partial charge in [-0.2, -0.15) is 26.3 Å². The van der Waals surface area contributed by atoms with E-state index in [1.54, 1.807) is 24.0 Å². The number of amides is 1. The molecule has 1 unspecified atom stereocenters. The zero-order valence-corrected chi connectivity index (χ0v) is 29.1. The Morgan fingerprint density at radius 3 is 2.27 bits per heavy atom. The number of aromatic nitrogens is 1. The number of carbonyl (C=O) groups excluding carboxylic acids is 1. The summed E-state index contributed by atoms with van der Waals surface area (Å²) in [6, 6.07) is 9.59. The summed E-state index contributed by atoms with van der Waals surface area (Å²) in [7, 11) is 0. The van der Waals surface area contributed by atoms with Crippen molar-refractivity contribution in [3.8, 4) is 16.9 Å². The van der Waals surface area contributed by atoms with Crippen LogP contribution in [-0.2, 0) is 30.1 Å². The molecule has 1 aliphatic heterocycles. The van der Waals surface area contributed by atoms with Crippen LogP contribution in [0.1, 0.15) is 63.7 Å². The summed E-state index contributed by atoms with van der Waals surface area (Å²) in [5, 5.41) is 13.3. The van der Waals surface area contributed by atoms with Gasteiger partial charge in [0.15, 0.2) is 0 Å². The minimum atomic E-state index is -5.15. The van der Waals surface area contributed by atoms with Gasteiger partial charge in [-0.05, 0) is 90.3 Å². The molecule has 0 bridgehead atoms. The van der Waals surface area contributed by atoms with Gasteiger partial charge in [-0.25, -0.2) is 8.78 Å². The summed E-state index contributed by atoms with van der Waals surface area (Å²) in [6.07, 6.45) is -8.68. The van der Waals surface area contributed by atoms with E-state index in [-0.39, 0.29) is 60.0 Å². The average Bonchev–Trinajstić information content (AvgIpc) is 3.88. The topological polar surface area (TPSA) is 74.6 Å². The van der Waals surface area contributed by atoms with Crippen LogP contribution in [0, 0.1) is 12.7 Å². The number of phenolic OH excluding ortho intramolecular Hbond substituents is 1. The number of benzene rings is 3. The second-order valence-electron chi connectivity index (χ2n) is 13.2. The maximum absolute atomic E-state index is 15.5. The average molecular weight is 799 g/mol. The fourth-order valence-electron chi connectivity index (χ4n) is 6.61. The highest BCUT2D eigenvalue weighted by Gasteiger charge is 2.38. The zero-order valence-electron chi connectivity index (χ0n) is 27.5. The molecule has 1 aromatic heterocycles. The molecule has 2 aliphatic rings. The lowest BCUT2D eigenvalue weighted by molar-refractivity contribution is -0.140. The Morgan fingerprint density at radius 1 is 0.981 bits per heavy atom. The molecule has 0 spiro atoms. The normalized spacial score (nSPS) is 16.1. The Kier molecular flexibility index (Phi) is 10.3. The van der Waals surface area contributed by atoms with E-state index in [2.05, 4.69) is 21.2 Å². The fourth-order valence-corrected chi connectivity index (χ4v) is 7.02. The molecule has 3 aromatic carbocycles. The number of hydrogen-bond donors (Lipinski definition) is 2. The van der Waals surface area contributed by atoms with Crippen molar-refractivity contribution >= 4 is 21.8 Å². The molecular weight excluding hydrogens is 766 g/mol. The molecule has 1 saturated carbocycles. The van der Waals surface area contributed by atoms with Crippen LogP contribution in [0.4, 0.5) is 35.1 Å².